The monoisotopic (exact) mass is 300 g/mol. The Hall–Kier alpha value is -1.72. The van der Waals surface area contributed by atoms with Crippen molar-refractivity contribution in [1.29, 1.82) is 0 Å². The summed E-state index contributed by atoms with van der Waals surface area (Å²) in [4.78, 5) is 13.4. The number of alkyl halides is 3. The van der Waals surface area contributed by atoms with Gasteiger partial charge in [0.05, 0.1) is 0 Å². The molecule has 0 radical (unpaired) electrons. The molecule has 0 saturated carbocycles. The topological polar surface area (TPSA) is 32.3 Å². The molecule has 1 heterocycles. The van der Waals surface area contributed by atoms with E-state index in [0.717, 1.165) is 29.1 Å². The smallest absolute Gasteiger partial charge is 0.385 e. The lowest BCUT2D eigenvalue weighted by molar-refractivity contribution is -0.143. The SMILES string of the molecule is CC(C)N(CC(F)(F)F)C(=O)c1cccc2c1CCCN2. The van der Waals surface area contributed by atoms with Gasteiger partial charge >= 0.3 is 6.18 Å². The molecule has 1 aromatic carbocycles. The van der Waals surface area contributed by atoms with Crippen molar-refractivity contribution >= 4 is 11.6 Å². The van der Waals surface area contributed by atoms with Gasteiger partial charge in [0, 0.05) is 23.8 Å². The van der Waals surface area contributed by atoms with E-state index >= 15 is 0 Å². The van der Waals surface area contributed by atoms with Crippen LogP contribution in [-0.4, -0.2) is 36.1 Å². The highest BCUT2D eigenvalue weighted by atomic mass is 19.4. The molecule has 1 amide bonds. The van der Waals surface area contributed by atoms with E-state index in [4.69, 9.17) is 0 Å². The Morgan fingerprint density at radius 2 is 2.10 bits per heavy atom. The Labute approximate surface area is 122 Å². The van der Waals surface area contributed by atoms with Crippen molar-refractivity contribution in [3.8, 4) is 0 Å². The van der Waals surface area contributed by atoms with Crippen molar-refractivity contribution in [2.45, 2.75) is 38.9 Å². The number of amides is 1. The average molecular weight is 300 g/mol. The van der Waals surface area contributed by atoms with Crippen molar-refractivity contribution in [2.75, 3.05) is 18.4 Å². The van der Waals surface area contributed by atoms with Crippen molar-refractivity contribution in [1.82, 2.24) is 4.90 Å². The summed E-state index contributed by atoms with van der Waals surface area (Å²) in [7, 11) is 0. The van der Waals surface area contributed by atoms with Crippen LogP contribution in [0.4, 0.5) is 18.9 Å². The number of carbonyl (C=O) groups is 1. The number of hydrogen-bond acceptors (Lipinski definition) is 2. The van der Waals surface area contributed by atoms with Crippen LogP contribution in [0.5, 0.6) is 0 Å². The number of nitrogens with zero attached hydrogens (tertiary/aromatic N) is 1. The van der Waals surface area contributed by atoms with Gasteiger partial charge in [-0.15, -0.1) is 0 Å². The highest BCUT2D eigenvalue weighted by molar-refractivity contribution is 5.97. The van der Waals surface area contributed by atoms with Crippen LogP contribution in [0.3, 0.4) is 0 Å². The highest BCUT2D eigenvalue weighted by Crippen LogP contribution is 2.28. The van der Waals surface area contributed by atoms with Gasteiger partial charge in [-0.3, -0.25) is 4.79 Å². The summed E-state index contributed by atoms with van der Waals surface area (Å²) in [6.07, 6.45) is -2.81. The predicted molar refractivity (Wildman–Crippen MR) is 75.5 cm³/mol. The molecule has 0 spiro atoms. The summed E-state index contributed by atoms with van der Waals surface area (Å²) in [6.45, 7) is 2.79. The number of halogens is 3. The maximum Gasteiger partial charge on any atom is 0.406 e. The Bertz CT molecular complexity index is 526. The lowest BCUT2D eigenvalue weighted by atomic mass is 9.96. The second-order valence-electron chi connectivity index (χ2n) is 5.50. The molecule has 1 N–H and O–H groups in total. The summed E-state index contributed by atoms with van der Waals surface area (Å²) in [5, 5.41) is 3.18. The third kappa shape index (κ3) is 3.68. The van der Waals surface area contributed by atoms with Crippen LogP contribution < -0.4 is 5.32 Å². The Morgan fingerprint density at radius 3 is 2.71 bits per heavy atom. The van der Waals surface area contributed by atoms with E-state index in [1.807, 2.05) is 6.07 Å². The van der Waals surface area contributed by atoms with E-state index in [-0.39, 0.29) is 0 Å². The van der Waals surface area contributed by atoms with Crippen LogP contribution in [0, 0.1) is 0 Å². The van der Waals surface area contributed by atoms with Crippen LogP contribution in [-0.2, 0) is 6.42 Å². The largest absolute Gasteiger partial charge is 0.406 e. The van der Waals surface area contributed by atoms with Gasteiger partial charge in [-0.2, -0.15) is 13.2 Å². The molecule has 1 aromatic rings. The second kappa shape index (κ2) is 5.95. The molecule has 1 aliphatic heterocycles. The third-order valence-corrected chi connectivity index (χ3v) is 3.56. The predicted octanol–water partition coefficient (Wildman–Crippen LogP) is 3.46. The van der Waals surface area contributed by atoms with Crippen LogP contribution in [0.2, 0.25) is 0 Å². The standard InChI is InChI=1S/C15H19F3N2O/c1-10(2)20(9-15(16,17)18)14(21)12-5-3-7-13-11(12)6-4-8-19-13/h3,5,7,10,19H,4,6,8-9H2,1-2H3. The molecule has 0 atom stereocenters. The molecule has 116 valence electrons. The van der Waals surface area contributed by atoms with Gasteiger partial charge in [-0.25, -0.2) is 0 Å². The van der Waals surface area contributed by atoms with E-state index < -0.39 is 24.7 Å². The number of hydrogen-bond donors (Lipinski definition) is 1. The van der Waals surface area contributed by atoms with Gasteiger partial charge in [0.2, 0.25) is 0 Å². The normalized spacial score (nSPS) is 14.6. The van der Waals surface area contributed by atoms with Crippen LogP contribution >= 0.6 is 0 Å². The molecule has 6 heteroatoms. The molecular formula is C15H19F3N2O. The van der Waals surface area contributed by atoms with Crippen molar-refractivity contribution in [3.05, 3.63) is 29.3 Å². The molecule has 0 bridgehead atoms. The maximum atomic E-state index is 12.7. The maximum absolute atomic E-state index is 12.7. The highest BCUT2D eigenvalue weighted by Gasteiger charge is 2.35. The summed E-state index contributed by atoms with van der Waals surface area (Å²) in [6, 6.07) is 4.66. The fraction of sp³-hybridized carbons (Fsp3) is 0.533. The minimum atomic E-state index is -4.40. The van der Waals surface area contributed by atoms with Crippen LogP contribution in [0.1, 0.15) is 36.2 Å². The Balaban J connectivity index is 2.33. The zero-order valence-electron chi connectivity index (χ0n) is 12.1. The summed E-state index contributed by atoms with van der Waals surface area (Å²) >= 11 is 0. The Morgan fingerprint density at radius 1 is 1.38 bits per heavy atom. The van der Waals surface area contributed by atoms with Gasteiger partial charge in [0.1, 0.15) is 6.54 Å². The molecule has 0 saturated heterocycles. The average Bonchev–Trinajstić information content (AvgIpc) is 2.42. The summed E-state index contributed by atoms with van der Waals surface area (Å²) < 4.78 is 38.0. The van der Waals surface area contributed by atoms with E-state index in [0.29, 0.717) is 12.0 Å². The molecule has 1 aliphatic rings. The first-order valence-electron chi connectivity index (χ1n) is 7.03. The first-order valence-corrected chi connectivity index (χ1v) is 7.03. The molecule has 0 aliphatic carbocycles. The minimum absolute atomic E-state index is 0.373. The van der Waals surface area contributed by atoms with E-state index in [2.05, 4.69) is 5.32 Å². The molecule has 0 unspecified atom stereocenters. The summed E-state index contributed by atoms with van der Waals surface area (Å²) in [5.74, 6) is -0.553. The van der Waals surface area contributed by atoms with Gasteiger partial charge in [0.15, 0.2) is 0 Å². The third-order valence-electron chi connectivity index (χ3n) is 3.56. The fourth-order valence-corrected chi connectivity index (χ4v) is 2.55. The number of benzene rings is 1. The first kappa shape index (κ1) is 15.7. The molecule has 2 rings (SSSR count). The molecule has 0 fully saturated rings. The number of fused-ring (bicyclic) bond motifs is 1. The van der Waals surface area contributed by atoms with Crippen molar-refractivity contribution < 1.29 is 18.0 Å². The molecular weight excluding hydrogens is 281 g/mol. The second-order valence-corrected chi connectivity index (χ2v) is 5.50. The van der Waals surface area contributed by atoms with Gasteiger partial charge in [-0.1, -0.05) is 6.07 Å². The first-order chi connectivity index (χ1) is 9.79. The number of rotatable bonds is 3. The van der Waals surface area contributed by atoms with Crippen molar-refractivity contribution in [3.63, 3.8) is 0 Å². The van der Waals surface area contributed by atoms with Crippen molar-refractivity contribution in [2.24, 2.45) is 0 Å². The number of carbonyl (C=O) groups excluding carboxylic acids is 1. The zero-order chi connectivity index (χ0) is 15.6. The van der Waals surface area contributed by atoms with E-state index in [9.17, 15) is 18.0 Å². The molecule has 0 aromatic heterocycles. The molecule has 3 nitrogen and oxygen atoms in total. The van der Waals surface area contributed by atoms with E-state index in [1.54, 1.807) is 26.0 Å². The van der Waals surface area contributed by atoms with Crippen LogP contribution in [0.25, 0.3) is 0 Å². The zero-order valence-corrected chi connectivity index (χ0v) is 12.1. The quantitative estimate of drug-likeness (QED) is 0.927. The fourth-order valence-electron chi connectivity index (χ4n) is 2.55. The number of nitrogens with one attached hydrogen (secondary N) is 1. The lowest BCUT2D eigenvalue weighted by Gasteiger charge is -2.29. The molecule has 21 heavy (non-hydrogen) atoms. The Kier molecular flexibility index (Phi) is 4.44. The van der Waals surface area contributed by atoms with E-state index in [1.165, 1.54) is 0 Å². The number of anilines is 1. The summed E-state index contributed by atoms with van der Waals surface area (Å²) in [5.41, 5.74) is 2.04. The van der Waals surface area contributed by atoms with Gasteiger partial charge in [-0.05, 0) is 44.4 Å². The van der Waals surface area contributed by atoms with Crippen LogP contribution in [0.15, 0.2) is 18.2 Å². The lowest BCUT2D eigenvalue weighted by Crippen LogP contribution is -2.43. The van der Waals surface area contributed by atoms with Gasteiger partial charge < -0.3 is 10.2 Å². The minimum Gasteiger partial charge on any atom is -0.385 e. The van der Waals surface area contributed by atoms with Gasteiger partial charge in [0.25, 0.3) is 5.91 Å².